The maximum absolute atomic E-state index is 10.3. The summed E-state index contributed by atoms with van der Waals surface area (Å²) in [6.45, 7) is 2.08. The van der Waals surface area contributed by atoms with Gasteiger partial charge in [0.1, 0.15) is 6.10 Å². The Morgan fingerprint density at radius 2 is 1.50 bits per heavy atom. The summed E-state index contributed by atoms with van der Waals surface area (Å²) in [6, 6.07) is 0. The topological polar surface area (TPSA) is 66.8 Å². The van der Waals surface area contributed by atoms with E-state index in [1.54, 1.807) is 0 Å². The van der Waals surface area contributed by atoms with E-state index in [0.29, 0.717) is 12.8 Å². The van der Waals surface area contributed by atoms with Gasteiger partial charge in [-0.2, -0.15) is 0 Å². The average Bonchev–Trinajstić information content (AvgIpc) is 2.63. The largest absolute Gasteiger partial charge is 0.481 e. The van der Waals surface area contributed by atoms with Crippen molar-refractivity contribution < 1.29 is 20.0 Å². The maximum atomic E-state index is 10.3. The molecule has 0 unspecified atom stereocenters. The van der Waals surface area contributed by atoms with Crippen LogP contribution in [-0.2, 0) is 9.68 Å². The van der Waals surface area contributed by atoms with Crippen molar-refractivity contribution in [3.63, 3.8) is 0 Å². The van der Waals surface area contributed by atoms with Crippen molar-refractivity contribution in [3.05, 3.63) is 60.8 Å². The van der Waals surface area contributed by atoms with Gasteiger partial charge in [0.2, 0.25) is 0 Å². The summed E-state index contributed by atoms with van der Waals surface area (Å²) in [5, 5.41) is 17.3. The zero-order chi connectivity index (χ0) is 19.3. The van der Waals surface area contributed by atoms with E-state index >= 15 is 0 Å². The molecule has 1 atom stereocenters. The van der Waals surface area contributed by atoms with Gasteiger partial charge >= 0.3 is 5.97 Å². The molecule has 0 saturated carbocycles. The minimum atomic E-state index is -0.753. The van der Waals surface area contributed by atoms with Crippen LogP contribution in [0.2, 0.25) is 0 Å². The zero-order valence-electron chi connectivity index (χ0n) is 15.9. The average molecular weight is 363 g/mol. The fourth-order valence-corrected chi connectivity index (χ4v) is 2.14. The van der Waals surface area contributed by atoms with Gasteiger partial charge in [-0.15, -0.1) is 0 Å². The van der Waals surface area contributed by atoms with Gasteiger partial charge in [0, 0.05) is 6.42 Å². The van der Waals surface area contributed by atoms with Crippen molar-refractivity contribution in [2.45, 2.75) is 70.8 Å². The van der Waals surface area contributed by atoms with E-state index in [1.807, 2.05) is 24.3 Å². The first-order chi connectivity index (χ1) is 12.7. The molecule has 26 heavy (non-hydrogen) atoms. The quantitative estimate of drug-likeness (QED) is 0.148. The van der Waals surface area contributed by atoms with Crippen LogP contribution in [0.3, 0.4) is 0 Å². The molecule has 4 heteroatoms. The first-order valence-electron chi connectivity index (χ1n) is 9.49. The molecule has 0 aromatic rings. The normalized spacial score (nSPS) is 13.9. The molecule has 0 amide bonds. The van der Waals surface area contributed by atoms with Crippen LogP contribution in [-0.4, -0.2) is 22.4 Å². The highest BCUT2D eigenvalue weighted by Crippen LogP contribution is 2.05. The van der Waals surface area contributed by atoms with Gasteiger partial charge in [-0.25, -0.2) is 4.89 Å². The van der Waals surface area contributed by atoms with Crippen molar-refractivity contribution in [2.75, 3.05) is 0 Å². The molecule has 0 bridgehead atoms. The lowest BCUT2D eigenvalue weighted by Gasteiger charge is -2.04. The van der Waals surface area contributed by atoms with Crippen LogP contribution in [0.25, 0.3) is 0 Å². The number of carboxylic acids is 1. The molecule has 0 radical (unpaired) electrons. The van der Waals surface area contributed by atoms with E-state index < -0.39 is 5.97 Å². The standard InChI is InChI=1S/C22H34O4/c1-2-3-15-18-21(26-25)19-16-13-11-9-7-5-4-6-8-10-12-14-17-20-22(23)24/h3,5-8,12,14-16,19,21,25H,2,4,9-11,13,17-18,20H2,1H3,(H,23,24)/t21-/m1/s1. The first-order valence-corrected chi connectivity index (χ1v) is 9.49. The Morgan fingerprint density at radius 3 is 2.12 bits per heavy atom. The smallest absolute Gasteiger partial charge is 0.303 e. The van der Waals surface area contributed by atoms with Crippen molar-refractivity contribution >= 4 is 5.97 Å². The molecular formula is C22H34O4. The van der Waals surface area contributed by atoms with Crippen molar-refractivity contribution in [1.29, 1.82) is 0 Å². The monoisotopic (exact) mass is 362 g/mol. The van der Waals surface area contributed by atoms with Gasteiger partial charge < -0.3 is 5.11 Å². The molecule has 0 aromatic heterocycles. The summed E-state index contributed by atoms with van der Waals surface area (Å²) < 4.78 is 0. The van der Waals surface area contributed by atoms with Gasteiger partial charge in [0.15, 0.2) is 0 Å². The maximum Gasteiger partial charge on any atom is 0.303 e. The molecule has 0 rings (SSSR count). The van der Waals surface area contributed by atoms with Gasteiger partial charge in [-0.1, -0.05) is 67.7 Å². The summed E-state index contributed by atoms with van der Waals surface area (Å²) in [5.41, 5.74) is 0. The number of aliphatic carboxylic acids is 1. The summed E-state index contributed by atoms with van der Waals surface area (Å²) in [5.74, 6) is -0.753. The van der Waals surface area contributed by atoms with E-state index in [-0.39, 0.29) is 12.5 Å². The van der Waals surface area contributed by atoms with Gasteiger partial charge in [-0.3, -0.25) is 10.1 Å². The SMILES string of the molecule is CCC=CC[C@H](C=CCCCC=CCC=CCC=CCCC(=O)O)OO. The fourth-order valence-electron chi connectivity index (χ4n) is 2.14. The predicted octanol–water partition coefficient (Wildman–Crippen LogP) is 6.24. The number of rotatable bonds is 16. The second-order valence-corrected chi connectivity index (χ2v) is 5.94. The number of hydrogen-bond acceptors (Lipinski definition) is 3. The molecule has 2 N–H and O–H groups in total. The lowest BCUT2D eigenvalue weighted by molar-refractivity contribution is -0.264. The van der Waals surface area contributed by atoms with Crippen LogP contribution in [0.15, 0.2) is 60.8 Å². The van der Waals surface area contributed by atoms with Gasteiger partial charge in [0.25, 0.3) is 0 Å². The Kier molecular flexibility index (Phi) is 18.0. The Hall–Kier alpha value is -1.91. The third-order valence-corrected chi connectivity index (χ3v) is 3.57. The summed E-state index contributed by atoms with van der Waals surface area (Å²) in [7, 11) is 0. The molecule has 0 heterocycles. The second kappa shape index (κ2) is 19.4. The van der Waals surface area contributed by atoms with E-state index in [1.165, 1.54) is 0 Å². The van der Waals surface area contributed by atoms with Crippen molar-refractivity contribution in [3.8, 4) is 0 Å². The number of carboxylic acid groups (broad SMARTS) is 1. The van der Waals surface area contributed by atoms with Crippen LogP contribution >= 0.6 is 0 Å². The molecule has 146 valence electrons. The van der Waals surface area contributed by atoms with Crippen molar-refractivity contribution in [1.82, 2.24) is 0 Å². The minimum Gasteiger partial charge on any atom is -0.481 e. The van der Waals surface area contributed by atoms with E-state index in [4.69, 9.17) is 10.4 Å². The van der Waals surface area contributed by atoms with Gasteiger partial charge in [-0.05, 0) is 51.4 Å². The molecule has 4 nitrogen and oxygen atoms in total. The highest BCUT2D eigenvalue weighted by atomic mass is 17.1. The summed E-state index contributed by atoms with van der Waals surface area (Å²) in [4.78, 5) is 14.8. The molecule has 0 aliphatic carbocycles. The highest BCUT2D eigenvalue weighted by molar-refractivity contribution is 5.66. The molecule has 0 saturated heterocycles. The number of allylic oxidation sites excluding steroid dienone is 8. The number of hydrogen-bond donors (Lipinski definition) is 2. The zero-order valence-corrected chi connectivity index (χ0v) is 15.9. The number of carbonyl (C=O) groups is 1. The third kappa shape index (κ3) is 18.4. The molecular weight excluding hydrogens is 328 g/mol. The van der Waals surface area contributed by atoms with Crippen molar-refractivity contribution in [2.24, 2.45) is 0 Å². The Bertz CT molecular complexity index is 473. The number of unbranched alkanes of at least 4 members (excludes halogenated alkanes) is 2. The third-order valence-electron chi connectivity index (χ3n) is 3.57. The summed E-state index contributed by atoms with van der Waals surface area (Å²) >= 11 is 0. The Morgan fingerprint density at radius 1 is 0.885 bits per heavy atom. The predicted molar refractivity (Wildman–Crippen MR) is 108 cm³/mol. The lowest BCUT2D eigenvalue weighted by atomic mass is 10.1. The first kappa shape index (κ1) is 24.1. The molecule has 0 aliphatic heterocycles. The molecule has 0 spiro atoms. The van der Waals surface area contributed by atoms with Crippen LogP contribution in [0.5, 0.6) is 0 Å². The molecule has 0 aliphatic rings. The fraction of sp³-hybridized carbons (Fsp3) is 0.500. The van der Waals surface area contributed by atoms with Crippen LogP contribution in [0.1, 0.15) is 64.7 Å². The second-order valence-electron chi connectivity index (χ2n) is 5.94. The highest BCUT2D eigenvalue weighted by Gasteiger charge is 2.00. The Labute approximate surface area is 158 Å². The van der Waals surface area contributed by atoms with E-state index in [0.717, 1.165) is 38.5 Å². The minimum absolute atomic E-state index is 0.196. The van der Waals surface area contributed by atoms with Crippen LogP contribution < -0.4 is 0 Å². The van der Waals surface area contributed by atoms with E-state index in [2.05, 4.69) is 48.3 Å². The van der Waals surface area contributed by atoms with Crippen LogP contribution in [0.4, 0.5) is 0 Å². The van der Waals surface area contributed by atoms with Gasteiger partial charge in [0.05, 0.1) is 0 Å². The molecule has 0 aromatic carbocycles. The summed E-state index contributed by atoms with van der Waals surface area (Å²) in [6.07, 6.45) is 27.6. The Balaban J connectivity index is 3.63. The molecule has 0 fully saturated rings. The lowest BCUT2D eigenvalue weighted by Crippen LogP contribution is -2.05. The van der Waals surface area contributed by atoms with Crippen LogP contribution in [0, 0.1) is 0 Å². The van der Waals surface area contributed by atoms with E-state index in [9.17, 15) is 4.79 Å².